The van der Waals surface area contributed by atoms with Gasteiger partial charge in [-0.3, -0.25) is 0 Å². The zero-order valence-corrected chi connectivity index (χ0v) is 7.01. The van der Waals surface area contributed by atoms with Crippen LogP contribution in [-0.4, -0.2) is 4.98 Å². The zero-order chi connectivity index (χ0) is 8.10. The molecule has 2 nitrogen and oxygen atoms in total. The van der Waals surface area contributed by atoms with Gasteiger partial charge in [0.05, 0.1) is 0 Å². The summed E-state index contributed by atoms with van der Waals surface area (Å²) in [6.45, 7) is 2.18. The molecule has 3 N–H and O–H groups in total. The van der Waals surface area contributed by atoms with Crippen LogP contribution >= 0.6 is 0 Å². The largest absolute Gasteiger partial charge is 0.364 e. The first-order chi connectivity index (χ1) is 5.34. The number of aromatic nitrogens is 1. The fourth-order valence-corrected chi connectivity index (χ4v) is 1.15. The fraction of sp³-hybridized carbons (Fsp3) is 0.556. The monoisotopic (exact) mass is 152 g/mol. The van der Waals surface area contributed by atoms with E-state index in [9.17, 15) is 0 Å². The van der Waals surface area contributed by atoms with Gasteiger partial charge in [-0.15, -0.1) is 0 Å². The molecule has 0 aliphatic carbocycles. The van der Waals surface area contributed by atoms with Crippen LogP contribution in [0.25, 0.3) is 0 Å². The topological polar surface area (TPSA) is 41.8 Å². The van der Waals surface area contributed by atoms with Gasteiger partial charge in [0.15, 0.2) is 0 Å². The first-order valence-electron chi connectivity index (χ1n) is 4.23. The lowest BCUT2D eigenvalue weighted by Gasteiger charge is -2.07. The third-order valence-electron chi connectivity index (χ3n) is 1.89. The highest BCUT2D eigenvalue weighted by Crippen LogP contribution is 2.13. The molecule has 0 unspecified atom stereocenters. The van der Waals surface area contributed by atoms with E-state index in [4.69, 9.17) is 5.73 Å². The van der Waals surface area contributed by atoms with E-state index in [1.165, 1.54) is 12.8 Å². The Morgan fingerprint density at radius 2 is 2.45 bits per heavy atom. The molecular formula is C9H16N2. The summed E-state index contributed by atoms with van der Waals surface area (Å²) in [6.07, 6.45) is 5.42. The van der Waals surface area contributed by atoms with E-state index in [1.54, 1.807) is 0 Å². The van der Waals surface area contributed by atoms with E-state index in [2.05, 4.69) is 11.9 Å². The number of nitrogens with one attached hydrogen (secondary N) is 1. The summed E-state index contributed by atoms with van der Waals surface area (Å²) < 4.78 is 0. The molecule has 0 aliphatic rings. The molecule has 0 aromatic carbocycles. The second-order valence-corrected chi connectivity index (χ2v) is 2.87. The lowest BCUT2D eigenvalue weighted by molar-refractivity contribution is 0.593. The number of hydrogen-bond donors (Lipinski definition) is 2. The van der Waals surface area contributed by atoms with Crippen LogP contribution in [0.1, 0.15) is 37.9 Å². The quantitative estimate of drug-likeness (QED) is 0.682. The summed E-state index contributed by atoms with van der Waals surface area (Å²) in [6, 6.07) is 4.23. The van der Waals surface area contributed by atoms with Crippen molar-refractivity contribution >= 4 is 0 Å². The first kappa shape index (κ1) is 8.34. The molecule has 0 saturated carbocycles. The van der Waals surface area contributed by atoms with Crippen molar-refractivity contribution in [1.29, 1.82) is 0 Å². The van der Waals surface area contributed by atoms with Crippen molar-refractivity contribution in [3.05, 3.63) is 24.0 Å². The lowest BCUT2D eigenvalue weighted by Crippen LogP contribution is -2.09. The molecule has 0 radical (unpaired) electrons. The van der Waals surface area contributed by atoms with Crippen molar-refractivity contribution in [2.45, 2.75) is 32.2 Å². The Labute approximate surface area is 67.8 Å². The third kappa shape index (κ3) is 2.39. The van der Waals surface area contributed by atoms with Crippen LogP contribution in [-0.2, 0) is 0 Å². The van der Waals surface area contributed by atoms with Gasteiger partial charge in [0, 0.05) is 17.9 Å². The van der Waals surface area contributed by atoms with E-state index >= 15 is 0 Å². The molecular weight excluding hydrogens is 136 g/mol. The highest BCUT2D eigenvalue weighted by Gasteiger charge is 2.03. The predicted octanol–water partition coefficient (Wildman–Crippen LogP) is 2.20. The molecule has 0 saturated heterocycles. The van der Waals surface area contributed by atoms with Crippen LogP contribution in [0.15, 0.2) is 18.3 Å². The van der Waals surface area contributed by atoms with E-state index in [0.29, 0.717) is 0 Å². The maximum absolute atomic E-state index is 5.89. The number of rotatable bonds is 4. The highest BCUT2D eigenvalue weighted by molar-refractivity contribution is 5.07. The lowest BCUT2D eigenvalue weighted by atomic mass is 10.1. The van der Waals surface area contributed by atoms with Gasteiger partial charge in [-0.2, -0.15) is 0 Å². The van der Waals surface area contributed by atoms with Gasteiger partial charge in [0.25, 0.3) is 0 Å². The van der Waals surface area contributed by atoms with Gasteiger partial charge in [-0.25, -0.2) is 0 Å². The van der Waals surface area contributed by atoms with Crippen LogP contribution in [0.2, 0.25) is 0 Å². The van der Waals surface area contributed by atoms with E-state index in [-0.39, 0.29) is 6.04 Å². The molecule has 62 valence electrons. The Hall–Kier alpha value is -0.760. The van der Waals surface area contributed by atoms with Crippen molar-refractivity contribution in [1.82, 2.24) is 4.98 Å². The number of hydrogen-bond acceptors (Lipinski definition) is 1. The molecule has 0 fully saturated rings. The minimum absolute atomic E-state index is 0.199. The second kappa shape index (κ2) is 4.19. The van der Waals surface area contributed by atoms with Gasteiger partial charge in [0.2, 0.25) is 0 Å². The summed E-state index contributed by atoms with van der Waals surface area (Å²) >= 11 is 0. The molecule has 1 aromatic heterocycles. The summed E-state index contributed by atoms with van der Waals surface area (Å²) in [4.78, 5) is 3.12. The van der Waals surface area contributed by atoms with Crippen LogP contribution in [0.4, 0.5) is 0 Å². The van der Waals surface area contributed by atoms with Gasteiger partial charge < -0.3 is 10.7 Å². The smallest absolute Gasteiger partial charge is 0.0447 e. The standard InChI is InChI=1S/C9H16N2/c1-2-3-5-8(10)9-6-4-7-11-9/h4,6-8,11H,2-3,5,10H2,1H3/t8-/m0/s1. The Morgan fingerprint density at radius 1 is 1.64 bits per heavy atom. The molecule has 2 heteroatoms. The molecule has 11 heavy (non-hydrogen) atoms. The van der Waals surface area contributed by atoms with Crippen molar-refractivity contribution < 1.29 is 0 Å². The Balaban J connectivity index is 2.36. The molecule has 0 bridgehead atoms. The van der Waals surface area contributed by atoms with Crippen LogP contribution < -0.4 is 5.73 Å². The summed E-state index contributed by atoms with van der Waals surface area (Å²) in [5, 5.41) is 0. The fourth-order valence-electron chi connectivity index (χ4n) is 1.15. The van der Waals surface area contributed by atoms with E-state index in [1.807, 2.05) is 18.3 Å². The minimum Gasteiger partial charge on any atom is -0.364 e. The van der Waals surface area contributed by atoms with Crippen molar-refractivity contribution in [3.63, 3.8) is 0 Å². The van der Waals surface area contributed by atoms with Gasteiger partial charge in [-0.1, -0.05) is 19.8 Å². The predicted molar refractivity (Wildman–Crippen MR) is 47.2 cm³/mol. The second-order valence-electron chi connectivity index (χ2n) is 2.87. The normalized spacial score (nSPS) is 13.3. The van der Waals surface area contributed by atoms with Crippen LogP contribution in [0.5, 0.6) is 0 Å². The number of nitrogens with two attached hydrogens (primary N) is 1. The van der Waals surface area contributed by atoms with Crippen LogP contribution in [0, 0.1) is 0 Å². The highest BCUT2D eigenvalue weighted by atomic mass is 14.8. The number of unbranched alkanes of at least 4 members (excludes halogenated alkanes) is 1. The Morgan fingerprint density at radius 3 is 3.00 bits per heavy atom. The Bertz CT molecular complexity index is 179. The van der Waals surface area contributed by atoms with E-state index in [0.717, 1.165) is 12.1 Å². The maximum Gasteiger partial charge on any atom is 0.0447 e. The molecule has 1 atom stereocenters. The number of aromatic amines is 1. The molecule has 1 rings (SSSR count). The van der Waals surface area contributed by atoms with Gasteiger partial charge in [-0.05, 0) is 18.6 Å². The minimum atomic E-state index is 0.199. The first-order valence-corrected chi connectivity index (χ1v) is 4.23. The average molecular weight is 152 g/mol. The molecule has 1 aromatic rings. The Kier molecular flexibility index (Phi) is 3.17. The summed E-state index contributed by atoms with van der Waals surface area (Å²) in [5.74, 6) is 0. The summed E-state index contributed by atoms with van der Waals surface area (Å²) in [5.41, 5.74) is 7.05. The summed E-state index contributed by atoms with van der Waals surface area (Å²) in [7, 11) is 0. The number of H-pyrrole nitrogens is 1. The van der Waals surface area contributed by atoms with Gasteiger partial charge in [0.1, 0.15) is 0 Å². The average Bonchev–Trinajstić information content (AvgIpc) is 2.52. The van der Waals surface area contributed by atoms with Crippen molar-refractivity contribution in [3.8, 4) is 0 Å². The molecule has 0 amide bonds. The molecule has 0 aliphatic heterocycles. The van der Waals surface area contributed by atoms with E-state index < -0.39 is 0 Å². The van der Waals surface area contributed by atoms with Crippen molar-refractivity contribution in [2.24, 2.45) is 5.73 Å². The van der Waals surface area contributed by atoms with Gasteiger partial charge >= 0.3 is 0 Å². The molecule has 0 spiro atoms. The molecule has 1 heterocycles. The zero-order valence-electron chi connectivity index (χ0n) is 7.01. The third-order valence-corrected chi connectivity index (χ3v) is 1.89. The SMILES string of the molecule is CCCC[C@H](N)c1ccc[nH]1. The van der Waals surface area contributed by atoms with Crippen LogP contribution in [0.3, 0.4) is 0 Å². The maximum atomic E-state index is 5.89. The van der Waals surface area contributed by atoms with Crippen molar-refractivity contribution in [2.75, 3.05) is 0 Å².